The van der Waals surface area contributed by atoms with Crippen LogP contribution < -0.4 is 14.2 Å². The van der Waals surface area contributed by atoms with E-state index in [0.29, 0.717) is 0 Å². The fourth-order valence-corrected chi connectivity index (χ4v) is 1.78. The molecule has 0 radical (unpaired) electrons. The van der Waals surface area contributed by atoms with Gasteiger partial charge < -0.3 is 39.7 Å². The number of hydrogen-bond donors (Lipinski definition) is 5. The fourth-order valence-electron chi connectivity index (χ4n) is 1.78. The van der Waals surface area contributed by atoms with Gasteiger partial charge >= 0.3 is 30.4 Å². The van der Waals surface area contributed by atoms with Crippen LogP contribution in [0.25, 0.3) is 0 Å². The molecule has 2 aromatic rings. The molecule has 13 nitrogen and oxygen atoms in total. The van der Waals surface area contributed by atoms with Gasteiger partial charge in [0.25, 0.3) is 0 Å². The van der Waals surface area contributed by atoms with Gasteiger partial charge in [0.1, 0.15) is 17.2 Å². The van der Waals surface area contributed by atoms with E-state index in [9.17, 15) is 24.0 Å². The average Bonchev–Trinajstić information content (AvgIpc) is 2.60. The normalized spacial score (nSPS) is 9.33. The first-order valence-electron chi connectivity index (χ1n) is 7.42. The monoisotopic (exact) mass is 424 g/mol. The molecule has 0 atom stereocenters. The molecule has 158 valence electrons. The molecule has 0 aromatic heterocycles. The van der Waals surface area contributed by atoms with Crippen LogP contribution in [-0.4, -0.2) is 55.9 Å². The Hall–Kier alpha value is -4.81. The summed E-state index contributed by atoms with van der Waals surface area (Å²) in [5.41, 5.74) is 0.167. The lowest BCUT2D eigenvalue weighted by Crippen LogP contribution is -2.08. The van der Waals surface area contributed by atoms with Gasteiger partial charge in [0, 0.05) is 18.2 Å². The molecule has 5 N–H and O–H groups in total. The van der Waals surface area contributed by atoms with Crippen molar-refractivity contribution in [2.75, 3.05) is 0 Å². The quantitative estimate of drug-likeness (QED) is 0.345. The minimum atomic E-state index is -1.66. The van der Waals surface area contributed by atoms with Crippen molar-refractivity contribution in [2.45, 2.75) is 0 Å². The highest BCUT2D eigenvalue weighted by Crippen LogP contribution is 2.28. The maximum absolute atomic E-state index is 10.3. The highest BCUT2D eigenvalue weighted by molar-refractivity contribution is 5.91. The number of carbonyl (C=O) groups is 5. The Morgan fingerprint density at radius 1 is 0.500 bits per heavy atom. The van der Waals surface area contributed by atoms with Gasteiger partial charge in [-0.3, -0.25) is 0 Å². The second kappa shape index (κ2) is 10.5. The predicted octanol–water partition coefficient (Wildman–Crippen LogP) is 2.94. The topological polar surface area (TPSA) is 214 Å². The molecule has 0 heterocycles. The van der Waals surface area contributed by atoms with Gasteiger partial charge in [-0.2, -0.15) is 0 Å². The first-order chi connectivity index (χ1) is 14.0. The van der Waals surface area contributed by atoms with E-state index in [1.165, 1.54) is 24.3 Å². The molecule has 0 spiro atoms. The Bertz CT molecular complexity index is 845. The van der Waals surface area contributed by atoms with Crippen LogP contribution in [0.2, 0.25) is 0 Å². The number of carboxylic acid groups (broad SMARTS) is 5. The van der Waals surface area contributed by atoms with E-state index in [4.69, 9.17) is 25.5 Å². The number of ether oxygens (including phenoxy) is 3. The Labute approximate surface area is 165 Å². The zero-order valence-electron chi connectivity index (χ0n) is 14.5. The average molecular weight is 424 g/mol. The lowest BCUT2D eigenvalue weighted by atomic mass is 10.1. The summed E-state index contributed by atoms with van der Waals surface area (Å²) in [6, 6.07) is 7.85. The number of benzene rings is 2. The van der Waals surface area contributed by atoms with Crippen LogP contribution in [-0.2, 0) is 0 Å². The molecule has 2 rings (SSSR count). The SMILES string of the molecule is O=C(O)Oc1cc(OC(=O)O)cc(OC(=O)O)c1.O=C(O)c1ccc(C(=O)O)cc1. The van der Waals surface area contributed by atoms with Crippen LogP contribution in [0.5, 0.6) is 17.2 Å². The summed E-state index contributed by atoms with van der Waals surface area (Å²) in [5.74, 6) is -3.17. The molecule has 0 aliphatic heterocycles. The first-order valence-corrected chi connectivity index (χ1v) is 7.42. The molecule has 13 heteroatoms. The van der Waals surface area contributed by atoms with Crippen molar-refractivity contribution in [3.05, 3.63) is 53.6 Å². The van der Waals surface area contributed by atoms with Crippen molar-refractivity contribution in [3.63, 3.8) is 0 Å². The Balaban J connectivity index is 0.000000325. The summed E-state index contributed by atoms with van der Waals surface area (Å²) in [6.07, 6.45) is -4.99. The van der Waals surface area contributed by atoms with E-state index < -0.39 is 30.4 Å². The van der Waals surface area contributed by atoms with Crippen molar-refractivity contribution >= 4 is 30.4 Å². The van der Waals surface area contributed by atoms with Crippen LogP contribution in [0.1, 0.15) is 20.7 Å². The third kappa shape index (κ3) is 8.26. The van der Waals surface area contributed by atoms with Crippen molar-refractivity contribution in [3.8, 4) is 17.2 Å². The first kappa shape index (κ1) is 23.2. The van der Waals surface area contributed by atoms with E-state index in [-0.39, 0.29) is 28.4 Å². The molecular formula is C17H12O13. The van der Waals surface area contributed by atoms with E-state index in [1.807, 2.05) is 0 Å². The van der Waals surface area contributed by atoms with Gasteiger partial charge in [0.15, 0.2) is 0 Å². The predicted molar refractivity (Wildman–Crippen MR) is 92.8 cm³/mol. The molecule has 0 unspecified atom stereocenters. The number of hydrogen-bond acceptors (Lipinski definition) is 8. The molecule has 0 bridgehead atoms. The van der Waals surface area contributed by atoms with Crippen molar-refractivity contribution in [1.29, 1.82) is 0 Å². The van der Waals surface area contributed by atoms with Crippen molar-refractivity contribution in [2.24, 2.45) is 0 Å². The second-order valence-electron chi connectivity index (χ2n) is 4.93. The number of carboxylic acids is 2. The molecule has 0 saturated heterocycles. The molecule has 0 amide bonds. The van der Waals surface area contributed by atoms with Crippen LogP contribution in [0.4, 0.5) is 14.4 Å². The molecule has 0 saturated carbocycles. The maximum atomic E-state index is 10.3. The Kier molecular flexibility index (Phi) is 8.13. The lowest BCUT2D eigenvalue weighted by Gasteiger charge is -2.06. The van der Waals surface area contributed by atoms with Gasteiger partial charge in [-0.1, -0.05) is 0 Å². The smallest absolute Gasteiger partial charge is 0.478 e. The highest BCUT2D eigenvalue weighted by atomic mass is 16.7. The van der Waals surface area contributed by atoms with E-state index in [0.717, 1.165) is 18.2 Å². The van der Waals surface area contributed by atoms with Crippen molar-refractivity contribution < 1.29 is 63.7 Å². The van der Waals surface area contributed by atoms with Crippen LogP contribution in [0.3, 0.4) is 0 Å². The highest BCUT2D eigenvalue weighted by Gasteiger charge is 2.12. The lowest BCUT2D eigenvalue weighted by molar-refractivity contribution is 0.0681. The summed E-state index contributed by atoms with van der Waals surface area (Å²) in [7, 11) is 0. The zero-order chi connectivity index (χ0) is 22.8. The Morgan fingerprint density at radius 3 is 0.900 bits per heavy atom. The van der Waals surface area contributed by atoms with Gasteiger partial charge in [-0.15, -0.1) is 0 Å². The summed E-state index contributed by atoms with van der Waals surface area (Å²) >= 11 is 0. The minimum Gasteiger partial charge on any atom is -0.478 e. The van der Waals surface area contributed by atoms with Gasteiger partial charge in [-0.25, -0.2) is 24.0 Å². The summed E-state index contributed by atoms with van der Waals surface area (Å²) in [4.78, 5) is 51.6. The summed E-state index contributed by atoms with van der Waals surface area (Å²) < 4.78 is 12.7. The molecule has 2 aromatic carbocycles. The van der Waals surface area contributed by atoms with Crippen LogP contribution >= 0.6 is 0 Å². The second-order valence-corrected chi connectivity index (χ2v) is 4.93. The van der Waals surface area contributed by atoms with E-state index in [1.54, 1.807) is 0 Å². The molecular weight excluding hydrogens is 412 g/mol. The largest absolute Gasteiger partial charge is 0.511 e. The van der Waals surface area contributed by atoms with Gasteiger partial charge in [-0.05, 0) is 24.3 Å². The fraction of sp³-hybridized carbons (Fsp3) is 0. The number of rotatable bonds is 5. The molecule has 0 aliphatic carbocycles. The Morgan fingerprint density at radius 2 is 0.733 bits per heavy atom. The third-order valence-corrected chi connectivity index (χ3v) is 2.85. The maximum Gasteiger partial charge on any atom is 0.511 e. The van der Waals surface area contributed by atoms with Crippen molar-refractivity contribution in [1.82, 2.24) is 0 Å². The minimum absolute atomic E-state index is 0.0833. The molecule has 0 fully saturated rings. The summed E-state index contributed by atoms with van der Waals surface area (Å²) in [5, 5.41) is 42.1. The van der Waals surface area contributed by atoms with Gasteiger partial charge in [0.2, 0.25) is 0 Å². The summed E-state index contributed by atoms with van der Waals surface area (Å²) in [6.45, 7) is 0. The number of aromatic carboxylic acids is 2. The molecule has 0 aliphatic rings. The molecule has 30 heavy (non-hydrogen) atoms. The third-order valence-electron chi connectivity index (χ3n) is 2.85. The zero-order valence-corrected chi connectivity index (χ0v) is 14.5. The standard InChI is InChI=1S/C9H6O9.C8H6O4/c10-7(11)16-4-1-5(17-8(12)13)3-6(2-4)18-9(14)15;9-7(10)5-1-2-6(4-3-5)8(11)12/h1-3H,(H,10,11)(H,12,13)(H,14,15);1-4H,(H,9,10)(H,11,12). The van der Waals surface area contributed by atoms with Gasteiger partial charge in [0.05, 0.1) is 11.1 Å². The van der Waals surface area contributed by atoms with Crippen LogP contribution in [0.15, 0.2) is 42.5 Å². The van der Waals surface area contributed by atoms with E-state index >= 15 is 0 Å². The van der Waals surface area contributed by atoms with Crippen LogP contribution in [0, 0.1) is 0 Å². The van der Waals surface area contributed by atoms with E-state index in [2.05, 4.69) is 14.2 Å².